The lowest BCUT2D eigenvalue weighted by Gasteiger charge is -2.30. The van der Waals surface area contributed by atoms with Crippen LogP contribution in [0.5, 0.6) is 0 Å². The molecule has 0 saturated carbocycles. The lowest BCUT2D eigenvalue weighted by Crippen LogP contribution is -2.46. The van der Waals surface area contributed by atoms with E-state index in [1.807, 2.05) is 0 Å². The molecule has 2 unspecified atom stereocenters. The summed E-state index contributed by atoms with van der Waals surface area (Å²) < 4.78 is 0. The summed E-state index contributed by atoms with van der Waals surface area (Å²) in [6.07, 6.45) is 11.1. The molecule has 2 nitrogen and oxygen atoms in total. The van der Waals surface area contributed by atoms with E-state index in [2.05, 4.69) is 24.5 Å². The normalized spacial score (nSPS) is 25.1. The molecule has 0 amide bonds. The van der Waals surface area contributed by atoms with Crippen LogP contribution in [0.15, 0.2) is 0 Å². The van der Waals surface area contributed by atoms with E-state index in [1.165, 1.54) is 64.5 Å². The Kier molecular flexibility index (Phi) is 8.72. The summed E-state index contributed by atoms with van der Waals surface area (Å²) in [4.78, 5) is 0. The third-order valence-electron chi connectivity index (χ3n) is 4.00. The highest BCUT2D eigenvalue weighted by Crippen LogP contribution is 2.14. The molecule has 1 rings (SSSR count). The molecule has 0 aromatic carbocycles. The maximum atomic E-state index is 3.63. The molecule has 2 N–H and O–H groups in total. The molecular weight excluding hydrogens is 208 g/mol. The van der Waals surface area contributed by atoms with Crippen LogP contribution in [-0.2, 0) is 0 Å². The van der Waals surface area contributed by atoms with Crippen LogP contribution in [-0.4, -0.2) is 25.7 Å². The molecule has 1 fully saturated rings. The number of rotatable bonds is 9. The van der Waals surface area contributed by atoms with Crippen molar-refractivity contribution in [1.29, 1.82) is 0 Å². The zero-order chi connectivity index (χ0) is 12.3. The average molecular weight is 240 g/mol. The Morgan fingerprint density at radius 3 is 2.65 bits per heavy atom. The number of piperidine rings is 1. The first kappa shape index (κ1) is 15.0. The molecule has 0 radical (unpaired) electrons. The lowest BCUT2D eigenvalue weighted by molar-refractivity contribution is 0.290. The van der Waals surface area contributed by atoms with Crippen molar-refractivity contribution in [3.05, 3.63) is 0 Å². The smallest absolute Gasteiger partial charge is 0.0218 e. The summed E-state index contributed by atoms with van der Waals surface area (Å²) >= 11 is 0. The van der Waals surface area contributed by atoms with E-state index in [1.54, 1.807) is 0 Å². The van der Waals surface area contributed by atoms with Crippen LogP contribution < -0.4 is 10.6 Å². The fourth-order valence-corrected chi connectivity index (χ4v) is 2.68. The van der Waals surface area contributed by atoms with E-state index in [0.29, 0.717) is 6.04 Å². The van der Waals surface area contributed by atoms with Crippen molar-refractivity contribution in [2.75, 3.05) is 19.6 Å². The minimum absolute atomic E-state index is 0.712. The van der Waals surface area contributed by atoms with Crippen molar-refractivity contribution in [2.24, 2.45) is 5.92 Å². The quantitative estimate of drug-likeness (QED) is 0.604. The molecule has 1 saturated heterocycles. The van der Waals surface area contributed by atoms with Crippen LogP contribution in [0, 0.1) is 5.92 Å². The first-order chi connectivity index (χ1) is 8.34. The molecule has 1 aliphatic heterocycles. The van der Waals surface area contributed by atoms with Gasteiger partial charge < -0.3 is 10.6 Å². The Morgan fingerprint density at radius 1 is 1.12 bits per heavy atom. The molecule has 1 heterocycles. The number of nitrogens with one attached hydrogen (secondary N) is 2. The highest BCUT2D eigenvalue weighted by molar-refractivity contribution is 4.79. The van der Waals surface area contributed by atoms with Crippen molar-refractivity contribution >= 4 is 0 Å². The standard InChI is InChI=1S/C15H32N2/c1-3-4-5-6-7-8-11-16-13-15-14(2)10-9-12-17-15/h14-17H,3-13H2,1-2H3. The Morgan fingerprint density at radius 2 is 1.88 bits per heavy atom. The average Bonchev–Trinajstić information content (AvgIpc) is 2.35. The van der Waals surface area contributed by atoms with E-state index in [9.17, 15) is 0 Å². The molecule has 0 aromatic rings. The molecule has 0 bridgehead atoms. The zero-order valence-electron chi connectivity index (χ0n) is 11.9. The summed E-state index contributed by atoms with van der Waals surface area (Å²) in [5.41, 5.74) is 0. The summed E-state index contributed by atoms with van der Waals surface area (Å²) in [6, 6.07) is 0.712. The number of hydrogen-bond acceptors (Lipinski definition) is 2. The number of unbranched alkanes of at least 4 members (excludes halogenated alkanes) is 5. The van der Waals surface area contributed by atoms with E-state index in [0.717, 1.165) is 12.5 Å². The van der Waals surface area contributed by atoms with Gasteiger partial charge in [-0.05, 0) is 38.3 Å². The van der Waals surface area contributed by atoms with Gasteiger partial charge in [0.25, 0.3) is 0 Å². The van der Waals surface area contributed by atoms with E-state index in [-0.39, 0.29) is 0 Å². The van der Waals surface area contributed by atoms with Crippen molar-refractivity contribution < 1.29 is 0 Å². The van der Waals surface area contributed by atoms with Gasteiger partial charge in [-0.3, -0.25) is 0 Å². The minimum Gasteiger partial charge on any atom is -0.315 e. The SMILES string of the molecule is CCCCCCCCNCC1NCCCC1C. The maximum Gasteiger partial charge on any atom is 0.0218 e. The first-order valence-electron chi connectivity index (χ1n) is 7.78. The summed E-state index contributed by atoms with van der Waals surface area (Å²) in [6.45, 7) is 8.24. The van der Waals surface area contributed by atoms with Crippen molar-refractivity contribution in [2.45, 2.75) is 71.3 Å². The van der Waals surface area contributed by atoms with E-state index >= 15 is 0 Å². The summed E-state index contributed by atoms with van der Waals surface area (Å²) in [7, 11) is 0. The van der Waals surface area contributed by atoms with Gasteiger partial charge in [0.15, 0.2) is 0 Å². The van der Waals surface area contributed by atoms with Crippen LogP contribution in [0.3, 0.4) is 0 Å². The molecule has 102 valence electrons. The van der Waals surface area contributed by atoms with Crippen molar-refractivity contribution in [3.63, 3.8) is 0 Å². The summed E-state index contributed by atoms with van der Waals surface area (Å²) in [5.74, 6) is 0.848. The van der Waals surface area contributed by atoms with Crippen molar-refractivity contribution in [1.82, 2.24) is 10.6 Å². The van der Waals surface area contributed by atoms with Gasteiger partial charge in [-0.1, -0.05) is 46.0 Å². The molecule has 0 spiro atoms. The van der Waals surface area contributed by atoms with Crippen LogP contribution in [0.1, 0.15) is 65.2 Å². The van der Waals surface area contributed by atoms with E-state index in [4.69, 9.17) is 0 Å². The highest BCUT2D eigenvalue weighted by Gasteiger charge is 2.19. The monoisotopic (exact) mass is 240 g/mol. The zero-order valence-corrected chi connectivity index (χ0v) is 11.9. The highest BCUT2D eigenvalue weighted by atomic mass is 15.0. The topological polar surface area (TPSA) is 24.1 Å². The fourth-order valence-electron chi connectivity index (χ4n) is 2.68. The molecule has 2 atom stereocenters. The molecule has 0 aromatic heterocycles. The third kappa shape index (κ3) is 7.05. The molecule has 0 aliphatic carbocycles. The van der Waals surface area contributed by atoms with Crippen LogP contribution in [0.4, 0.5) is 0 Å². The lowest BCUT2D eigenvalue weighted by atomic mass is 9.93. The first-order valence-corrected chi connectivity index (χ1v) is 7.78. The second-order valence-electron chi connectivity index (χ2n) is 5.65. The van der Waals surface area contributed by atoms with Gasteiger partial charge in [-0.2, -0.15) is 0 Å². The molecular formula is C15H32N2. The van der Waals surface area contributed by atoms with Crippen molar-refractivity contribution in [3.8, 4) is 0 Å². The van der Waals surface area contributed by atoms with Gasteiger partial charge in [-0.25, -0.2) is 0 Å². The fraction of sp³-hybridized carbons (Fsp3) is 1.00. The van der Waals surface area contributed by atoms with Crippen LogP contribution in [0.2, 0.25) is 0 Å². The predicted octanol–water partition coefficient (Wildman–Crippen LogP) is 3.32. The maximum absolute atomic E-state index is 3.63. The Hall–Kier alpha value is -0.0800. The molecule has 2 heteroatoms. The predicted molar refractivity (Wildman–Crippen MR) is 76.4 cm³/mol. The minimum atomic E-state index is 0.712. The second-order valence-corrected chi connectivity index (χ2v) is 5.65. The third-order valence-corrected chi connectivity index (χ3v) is 4.00. The molecule has 17 heavy (non-hydrogen) atoms. The molecule has 1 aliphatic rings. The Bertz CT molecular complexity index is 170. The Labute approximate surface area is 108 Å². The van der Waals surface area contributed by atoms with Gasteiger partial charge in [0.1, 0.15) is 0 Å². The van der Waals surface area contributed by atoms with Gasteiger partial charge in [-0.15, -0.1) is 0 Å². The van der Waals surface area contributed by atoms with Gasteiger partial charge >= 0.3 is 0 Å². The summed E-state index contributed by atoms with van der Waals surface area (Å²) in [5, 5.41) is 7.24. The van der Waals surface area contributed by atoms with Gasteiger partial charge in [0.2, 0.25) is 0 Å². The van der Waals surface area contributed by atoms with Gasteiger partial charge in [0, 0.05) is 12.6 Å². The van der Waals surface area contributed by atoms with E-state index < -0.39 is 0 Å². The largest absolute Gasteiger partial charge is 0.315 e. The number of hydrogen-bond donors (Lipinski definition) is 2. The van der Waals surface area contributed by atoms with Gasteiger partial charge in [0.05, 0.1) is 0 Å². The second kappa shape index (κ2) is 9.90. The van der Waals surface area contributed by atoms with Crippen LogP contribution in [0.25, 0.3) is 0 Å². The Balaban J connectivity index is 1.86. The van der Waals surface area contributed by atoms with Crippen LogP contribution >= 0.6 is 0 Å².